The van der Waals surface area contributed by atoms with E-state index >= 15 is 0 Å². The molecule has 0 atom stereocenters. The average Bonchev–Trinajstić information content (AvgIpc) is 2.90. The van der Waals surface area contributed by atoms with Crippen LogP contribution in [0.15, 0.2) is 6.20 Å². The van der Waals surface area contributed by atoms with Crippen molar-refractivity contribution in [3.8, 4) is 0 Å². The lowest BCUT2D eigenvalue weighted by Gasteiger charge is -2.05. The van der Waals surface area contributed by atoms with E-state index in [0.29, 0.717) is 23.4 Å². The molecule has 0 fully saturated rings. The maximum Gasteiger partial charge on any atom is 0.352 e. The van der Waals surface area contributed by atoms with E-state index in [9.17, 15) is 9.59 Å². The molecule has 106 valence electrons. The Kier molecular flexibility index (Phi) is 3.60. The number of H-pyrrole nitrogens is 2. The molecule has 0 radical (unpaired) electrons. The van der Waals surface area contributed by atoms with Gasteiger partial charge in [-0.25, -0.2) is 4.79 Å². The summed E-state index contributed by atoms with van der Waals surface area (Å²) in [5.74, 6) is -1.38. The van der Waals surface area contributed by atoms with Crippen molar-refractivity contribution in [2.45, 2.75) is 27.3 Å². The van der Waals surface area contributed by atoms with Crippen LogP contribution < -0.4 is 5.32 Å². The number of nitrogens with one attached hydrogen (secondary N) is 3. The number of aromatic carboxylic acids is 1. The minimum absolute atomic E-state index is 0.0483. The van der Waals surface area contributed by atoms with E-state index in [2.05, 4.69) is 20.5 Å². The van der Waals surface area contributed by atoms with Crippen LogP contribution in [0.3, 0.4) is 0 Å². The van der Waals surface area contributed by atoms with Crippen molar-refractivity contribution < 1.29 is 14.7 Å². The summed E-state index contributed by atoms with van der Waals surface area (Å²) in [6.45, 7) is 5.50. The fourth-order valence-corrected chi connectivity index (χ4v) is 2.12. The third-order valence-electron chi connectivity index (χ3n) is 3.25. The summed E-state index contributed by atoms with van der Waals surface area (Å²) >= 11 is 0. The predicted octanol–water partition coefficient (Wildman–Crippen LogP) is 1.29. The van der Waals surface area contributed by atoms with Crippen LogP contribution in [0, 0.1) is 20.8 Å². The van der Waals surface area contributed by atoms with Crippen LogP contribution in [0.4, 0.5) is 0 Å². The highest BCUT2D eigenvalue weighted by molar-refractivity contribution is 6.00. The summed E-state index contributed by atoms with van der Waals surface area (Å²) in [4.78, 5) is 25.9. The van der Waals surface area contributed by atoms with Gasteiger partial charge in [-0.15, -0.1) is 0 Å². The second-order valence-corrected chi connectivity index (χ2v) is 4.63. The Bertz CT molecular complexity index is 669. The quantitative estimate of drug-likeness (QED) is 0.674. The first-order chi connectivity index (χ1) is 9.41. The highest BCUT2D eigenvalue weighted by Gasteiger charge is 2.21. The van der Waals surface area contributed by atoms with Gasteiger partial charge in [-0.1, -0.05) is 0 Å². The first kappa shape index (κ1) is 13.9. The number of aryl methyl sites for hydroxylation is 2. The Labute approximate surface area is 115 Å². The van der Waals surface area contributed by atoms with Crippen molar-refractivity contribution in [2.24, 2.45) is 0 Å². The number of aromatic nitrogens is 3. The Morgan fingerprint density at radius 3 is 2.50 bits per heavy atom. The maximum absolute atomic E-state index is 12.2. The van der Waals surface area contributed by atoms with Crippen molar-refractivity contribution in [1.29, 1.82) is 0 Å². The lowest BCUT2D eigenvalue weighted by atomic mass is 10.1. The molecule has 4 N–H and O–H groups in total. The summed E-state index contributed by atoms with van der Waals surface area (Å²) in [6.07, 6.45) is 1.65. The number of aromatic amines is 2. The number of rotatable bonds is 4. The van der Waals surface area contributed by atoms with E-state index in [1.165, 1.54) is 0 Å². The standard InChI is InChI=1S/C13H16N4O3/c1-6-10(8(3)16-11(6)13(19)20)12(18)14-4-9-5-15-17-7(9)2/h5,16H,4H2,1-3H3,(H,14,18)(H,15,17)(H,19,20). The fourth-order valence-electron chi connectivity index (χ4n) is 2.12. The zero-order valence-electron chi connectivity index (χ0n) is 11.5. The molecule has 0 bridgehead atoms. The smallest absolute Gasteiger partial charge is 0.352 e. The van der Waals surface area contributed by atoms with E-state index in [1.807, 2.05) is 6.92 Å². The van der Waals surface area contributed by atoms with E-state index < -0.39 is 5.97 Å². The van der Waals surface area contributed by atoms with E-state index in [1.54, 1.807) is 20.0 Å². The topological polar surface area (TPSA) is 111 Å². The number of carbonyl (C=O) groups is 2. The number of amides is 1. The predicted molar refractivity (Wildman–Crippen MR) is 71.7 cm³/mol. The van der Waals surface area contributed by atoms with Crippen LogP contribution in [0.2, 0.25) is 0 Å². The normalized spacial score (nSPS) is 10.6. The Balaban J connectivity index is 2.18. The maximum atomic E-state index is 12.2. The second-order valence-electron chi connectivity index (χ2n) is 4.63. The number of carbonyl (C=O) groups excluding carboxylic acids is 1. The molecule has 1 amide bonds. The van der Waals surface area contributed by atoms with Gasteiger partial charge in [0.05, 0.1) is 11.8 Å². The minimum atomic E-state index is -1.07. The molecule has 0 spiro atoms. The summed E-state index contributed by atoms with van der Waals surface area (Å²) in [5.41, 5.74) is 3.19. The highest BCUT2D eigenvalue weighted by atomic mass is 16.4. The van der Waals surface area contributed by atoms with Crippen molar-refractivity contribution in [1.82, 2.24) is 20.5 Å². The van der Waals surface area contributed by atoms with Crippen LogP contribution in [0.25, 0.3) is 0 Å². The van der Waals surface area contributed by atoms with Gasteiger partial charge >= 0.3 is 5.97 Å². The van der Waals surface area contributed by atoms with Gasteiger partial charge in [0, 0.05) is 23.5 Å². The number of carboxylic acids is 1. The second kappa shape index (κ2) is 5.20. The van der Waals surface area contributed by atoms with Gasteiger partial charge in [0.2, 0.25) is 0 Å². The molecule has 0 unspecified atom stereocenters. The molecular weight excluding hydrogens is 260 g/mol. The van der Waals surface area contributed by atoms with Crippen molar-refractivity contribution >= 4 is 11.9 Å². The van der Waals surface area contributed by atoms with E-state index in [-0.39, 0.29) is 11.6 Å². The third-order valence-corrected chi connectivity index (χ3v) is 3.25. The first-order valence-corrected chi connectivity index (χ1v) is 6.11. The van der Waals surface area contributed by atoms with Gasteiger partial charge in [-0.3, -0.25) is 9.89 Å². The van der Waals surface area contributed by atoms with Crippen LogP contribution in [0.5, 0.6) is 0 Å². The molecule has 2 heterocycles. The number of carboxylic acid groups (broad SMARTS) is 1. The van der Waals surface area contributed by atoms with Gasteiger partial charge in [0.25, 0.3) is 5.91 Å². The summed E-state index contributed by atoms with van der Waals surface area (Å²) in [7, 11) is 0. The molecule has 7 nitrogen and oxygen atoms in total. The minimum Gasteiger partial charge on any atom is -0.477 e. The lowest BCUT2D eigenvalue weighted by Crippen LogP contribution is -2.24. The van der Waals surface area contributed by atoms with Crippen LogP contribution in [0.1, 0.15) is 43.4 Å². The van der Waals surface area contributed by atoms with Gasteiger partial charge < -0.3 is 15.4 Å². The van der Waals surface area contributed by atoms with Crippen LogP contribution >= 0.6 is 0 Å². The zero-order valence-corrected chi connectivity index (χ0v) is 11.5. The molecule has 0 aliphatic carbocycles. The molecule has 0 aromatic carbocycles. The Morgan fingerprint density at radius 2 is 2.00 bits per heavy atom. The van der Waals surface area contributed by atoms with Gasteiger partial charge in [0.15, 0.2) is 0 Å². The summed E-state index contributed by atoms with van der Waals surface area (Å²) in [5, 5.41) is 18.5. The molecular formula is C13H16N4O3. The van der Waals surface area contributed by atoms with E-state index in [0.717, 1.165) is 11.3 Å². The average molecular weight is 276 g/mol. The van der Waals surface area contributed by atoms with E-state index in [4.69, 9.17) is 5.11 Å². The molecule has 0 aliphatic heterocycles. The van der Waals surface area contributed by atoms with Crippen LogP contribution in [-0.4, -0.2) is 32.2 Å². The molecule has 7 heteroatoms. The van der Waals surface area contributed by atoms with Crippen LogP contribution in [-0.2, 0) is 6.54 Å². The summed E-state index contributed by atoms with van der Waals surface area (Å²) in [6, 6.07) is 0. The molecule has 0 saturated carbocycles. The zero-order chi connectivity index (χ0) is 14.9. The van der Waals surface area contributed by atoms with Crippen molar-refractivity contribution in [3.63, 3.8) is 0 Å². The molecule has 0 aliphatic rings. The molecule has 2 aromatic rings. The number of hydrogen-bond acceptors (Lipinski definition) is 3. The summed E-state index contributed by atoms with van der Waals surface area (Å²) < 4.78 is 0. The Hall–Kier alpha value is -2.57. The van der Waals surface area contributed by atoms with Crippen molar-refractivity contribution in [3.05, 3.63) is 40.0 Å². The molecule has 0 saturated heterocycles. The molecule has 2 aromatic heterocycles. The highest BCUT2D eigenvalue weighted by Crippen LogP contribution is 2.18. The van der Waals surface area contributed by atoms with Crippen molar-refractivity contribution in [2.75, 3.05) is 0 Å². The molecule has 2 rings (SSSR count). The van der Waals surface area contributed by atoms with Gasteiger partial charge in [0.1, 0.15) is 5.69 Å². The molecule has 20 heavy (non-hydrogen) atoms. The first-order valence-electron chi connectivity index (χ1n) is 6.11. The monoisotopic (exact) mass is 276 g/mol. The van der Waals surface area contributed by atoms with Gasteiger partial charge in [-0.05, 0) is 26.3 Å². The van der Waals surface area contributed by atoms with Gasteiger partial charge in [-0.2, -0.15) is 5.10 Å². The largest absolute Gasteiger partial charge is 0.477 e. The number of hydrogen-bond donors (Lipinski definition) is 4. The lowest BCUT2D eigenvalue weighted by molar-refractivity contribution is 0.0690. The Morgan fingerprint density at radius 1 is 1.30 bits per heavy atom. The SMILES string of the molecule is Cc1[nH]ncc1CNC(=O)c1c(C)[nH]c(C(=O)O)c1C. The number of nitrogens with zero attached hydrogens (tertiary/aromatic N) is 1. The fraction of sp³-hybridized carbons (Fsp3) is 0.308. The third kappa shape index (κ3) is 2.42.